The zero-order valence-corrected chi connectivity index (χ0v) is 10.4. The van der Waals surface area contributed by atoms with Crippen molar-refractivity contribution in [3.8, 4) is 5.75 Å². The third-order valence-electron chi connectivity index (χ3n) is 3.09. The van der Waals surface area contributed by atoms with Crippen molar-refractivity contribution < 1.29 is 9.53 Å². The summed E-state index contributed by atoms with van der Waals surface area (Å²) in [7, 11) is 1.67. The molecule has 0 saturated carbocycles. The summed E-state index contributed by atoms with van der Waals surface area (Å²) in [6.07, 6.45) is 0. The minimum atomic E-state index is -0.168. The third kappa shape index (κ3) is 2.42. The average molecular weight is 234 g/mol. The number of carbonyl (C=O) groups excluding carboxylic acids is 1. The molecule has 1 aliphatic heterocycles. The summed E-state index contributed by atoms with van der Waals surface area (Å²) in [6.45, 7) is 4.51. The van der Waals surface area contributed by atoms with Crippen LogP contribution in [0.3, 0.4) is 0 Å². The number of nitrogens with one attached hydrogen (secondary N) is 2. The first-order chi connectivity index (χ1) is 8.11. The lowest BCUT2D eigenvalue weighted by Gasteiger charge is -2.30. The molecule has 2 rings (SSSR count). The van der Waals surface area contributed by atoms with Crippen LogP contribution in [0.25, 0.3) is 0 Å². The quantitative estimate of drug-likeness (QED) is 0.807. The molecule has 0 aliphatic carbocycles. The lowest BCUT2D eigenvalue weighted by Crippen LogP contribution is -2.52. The van der Waals surface area contributed by atoms with Gasteiger partial charge >= 0.3 is 0 Å². The van der Waals surface area contributed by atoms with Crippen LogP contribution in [-0.2, 0) is 4.79 Å². The molecule has 1 aromatic rings. The highest BCUT2D eigenvalue weighted by Gasteiger charge is 2.26. The average Bonchev–Trinajstić information content (AvgIpc) is 2.32. The second-order valence-corrected chi connectivity index (χ2v) is 4.43. The van der Waals surface area contributed by atoms with Crippen molar-refractivity contribution in [3.05, 3.63) is 29.3 Å². The van der Waals surface area contributed by atoms with Crippen molar-refractivity contribution in [2.24, 2.45) is 0 Å². The van der Waals surface area contributed by atoms with Crippen molar-refractivity contribution >= 4 is 5.91 Å². The summed E-state index contributed by atoms with van der Waals surface area (Å²) >= 11 is 0. The van der Waals surface area contributed by atoms with Crippen molar-refractivity contribution in [2.45, 2.75) is 25.9 Å². The summed E-state index contributed by atoms with van der Waals surface area (Å²) < 4.78 is 5.36. The minimum absolute atomic E-state index is 0.0490. The summed E-state index contributed by atoms with van der Waals surface area (Å²) in [5.74, 6) is 0.907. The highest BCUT2D eigenvalue weighted by atomic mass is 16.5. The molecule has 1 saturated heterocycles. The zero-order valence-electron chi connectivity index (χ0n) is 10.4. The van der Waals surface area contributed by atoms with Crippen molar-refractivity contribution in [2.75, 3.05) is 13.7 Å². The number of amides is 1. The van der Waals surface area contributed by atoms with Crippen LogP contribution in [0.1, 0.15) is 24.1 Å². The fraction of sp³-hybridized carbons (Fsp3) is 0.462. The number of piperazine rings is 1. The van der Waals surface area contributed by atoms with Gasteiger partial charge in [0.2, 0.25) is 5.91 Å². The predicted molar refractivity (Wildman–Crippen MR) is 66.1 cm³/mol. The number of methoxy groups -OCH3 is 1. The van der Waals surface area contributed by atoms with Gasteiger partial charge in [0, 0.05) is 12.1 Å². The van der Waals surface area contributed by atoms with E-state index in [1.165, 1.54) is 5.56 Å². The van der Waals surface area contributed by atoms with E-state index in [1.807, 2.05) is 26.0 Å². The maximum absolute atomic E-state index is 11.4. The lowest BCUT2D eigenvalue weighted by molar-refractivity contribution is -0.124. The van der Waals surface area contributed by atoms with Crippen LogP contribution in [0.15, 0.2) is 18.2 Å². The van der Waals surface area contributed by atoms with E-state index in [1.54, 1.807) is 7.11 Å². The van der Waals surface area contributed by atoms with E-state index in [9.17, 15) is 4.79 Å². The van der Waals surface area contributed by atoms with E-state index in [0.29, 0.717) is 6.54 Å². The van der Waals surface area contributed by atoms with Crippen LogP contribution >= 0.6 is 0 Å². The summed E-state index contributed by atoms with van der Waals surface area (Å²) in [6, 6.07) is 6.03. The third-order valence-corrected chi connectivity index (χ3v) is 3.09. The zero-order chi connectivity index (χ0) is 12.4. The van der Waals surface area contributed by atoms with Crippen molar-refractivity contribution in [3.63, 3.8) is 0 Å². The van der Waals surface area contributed by atoms with Gasteiger partial charge in [0.25, 0.3) is 0 Å². The second kappa shape index (κ2) is 4.75. The highest BCUT2D eigenvalue weighted by molar-refractivity contribution is 5.82. The Labute approximate surface area is 101 Å². The Morgan fingerprint density at radius 1 is 1.41 bits per heavy atom. The Balaban J connectivity index is 2.27. The molecule has 4 heteroatoms. The Bertz CT molecular complexity index is 431. The van der Waals surface area contributed by atoms with E-state index < -0.39 is 0 Å². The molecule has 1 amide bonds. The van der Waals surface area contributed by atoms with Gasteiger partial charge in [0.15, 0.2) is 0 Å². The van der Waals surface area contributed by atoms with E-state index in [0.717, 1.165) is 11.3 Å². The first-order valence-electron chi connectivity index (χ1n) is 5.80. The van der Waals surface area contributed by atoms with Gasteiger partial charge in [-0.05, 0) is 19.9 Å². The monoisotopic (exact) mass is 234 g/mol. The van der Waals surface area contributed by atoms with Gasteiger partial charge in [-0.25, -0.2) is 0 Å². The van der Waals surface area contributed by atoms with Gasteiger partial charge in [-0.3, -0.25) is 10.1 Å². The second-order valence-electron chi connectivity index (χ2n) is 4.43. The molecule has 1 fully saturated rings. The number of aryl methyl sites for hydroxylation is 1. The maximum atomic E-state index is 11.4. The molecule has 0 bridgehead atoms. The number of ether oxygens (including phenoxy) is 1. The minimum Gasteiger partial charge on any atom is -0.496 e. The predicted octanol–water partition coefficient (Wildman–Crippen LogP) is 1.15. The summed E-state index contributed by atoms with van der Waals surface area (Å²) in [5, 5.41) is 6.19. The molecule has 0 aromatic heterocycles. The molecule has 2 unspecified atom stereocenters. The molecule has 92 valence electrons. The van der Waals surface area contributed by atoms with Crippen LogP contribution in [0, 0.1) is 6.92 Å². The molecular formula is C13H18N2O2. The molecule has 2 N–H and O–H groups in total. The van der Waals surface area contributed by atoms with Gasteiger partial charge in [0.1, 0.15) is 5.75 Å². The summed E-state index contributed by atoms with van der Waals surface area (Å²) in [4.78, 5) is 11.4. The molecule has 0 spiro atoms. The van der Waals surface area contributed by atoms with Crippen LogP contribution in [0.2, 0.25) is 0 Å². The van der Waals surface area contributed by atoms with E-state index in [2.05, 4.69) is 16.7 Å². The standard InChI is InChI=1S/C13H18N2O2/c1-8-4-5-12(17-3)10(6-8)11-7-14-13(16)9(2)15-11/h4-6,9,11,15H,7H2,1-3H3,(H,14,16). The first kappa shape index (κ1) is 11.9. The molecule has 4 nitrogen and oxygen atoms in total. The highest BCUT2D eigenvalue weighted by Crippen LogP contribution is 2.27. The Hall–Kier alpha value is -1.55. The van der Waals surface area contributed by atoms with Crippen molar-refractivity contribution in [1.82, 2.24) is 10.6 Å². The van der Waals surface area contributed by atoms with Gasteiger partial charge in [-0.1, -0.05) is 17.7 Å². The Kier molecular flexibility index (Phi) is 3.33. The molecular weight excluding hydrogens is 216 g/mol. The van der Waals surface area contributed by atoms with Gasteiger partial charge < -0.3 is 10.1 Å². The number of hydrogen-bond acceptors (Lipinski definition) is 3. The fourth-order valence-electron chi connectivity index (χ4n) is 2.12. The van der Waals surface area contributed by atoms with Crippen molar-refractivity contribution in [1.29, 1.82) is 0 Å². The van der Waals surface area contributed by atoms with Crippen LogP contribution < -0.4 is 15.4 Å². The topological polar surface area (TPSA) is 50.4 Å². The fourth-order valence-corrected chi connectivity index (χ4v) is 2.12. The number of carbonyl (C=O) groups is 1. The Morgan fingerprint density at radius 3 is 2.82 bits per heavy atom. The van der Waals surface area contributed by atoms with Crippen LogP contribution in [-0.4, -0.2) is 25.6 Å². The summed E-state index contributed by atoms with van der Waals surface area (Å²) in [5.41, 5.74) is 2.28. The lowest BCUT2D eigenvalue weighted by atomic mass is 10.00. The SMILES string of the molecule is COc1ccc(C)cc1C1CNC(=O)C(C)N1. The van der Waals surface area contributed by atoms with Gasteiger partial charge in [-0.15, -0.1) is 0 Å². The molecule has 2 atom stereocenters. The molecule has 17 heavy (non-hydrogen) atoms. The first-order valence-corrected chi connectivity index (χ1v) is 5.80. The molecule has 1 aromatic carbocycles. The molecule has 1 aliphatic rings. The Morgan fingerprint density at radius 2 is 2.18 bits per heavy atom. The normalized spacial score (nSPS) is 24.3. The van der Waals surface area contributed by atoms with Crippen LogP contribution in [0.5, 0.6) is 5.75 Å². The largest absolute Gasteiger partial charge is 0.496 e. The van der Waals surface area contributed by atoms with E-state index >= 15 is 0 Å². The number of rotatable bonds is 2. The molecule has 0 radical (unpaired) electrons. The maximum Gasteiger partial charge on any atom is 0.236 e. The van der Waals surface area contributed by atoms with Gasteiger partial charge in [0.05, 0.1) is 19.2 Å². The number of hydrogen-bond donors (Lipinski definition) is 2. The van der Waals surface area contributed by atoms with E-state index in [-0.39, 0.29) is 18.0 Å². The smallest absolute Gasteiger partial charge is 0.236 e. The number of benzene rings is 1. The molecule has 1 heterocycles. The van der Waals surface area contributed by atoms with E-state index in [4.69, 9.17) is 4.74 Å². The van der Waals surface area contributed by atoms with Gasteiger partial charge in [-0.2, -0.15) is 0 Å². The van der Waals surface area contributed by atoms with Crippen LogP contribution in [0.4, 0.5) is 0 Å².